The van der Waals surface area contributed by atoms with Gasteiger partial charge in [-0.3, -0.25) is 4.98 Å². The molecule has 12 heavy (non-hydrogen) atoms. The van der Waals surface area contributed by atoms with Gasteiger partial charge in [0.2, 0.25) is 0 Å². The molecular formula is C8H13N3O. The molecule has 4 nitrogen and oxygen atoms in total. The molecule has 0 saturated carbocycles. The average Bonchev–Trinajstić information content (AvgIpc) is 2.17. The van der Waals surface area contributed by atoms with Gasteiger partial charge in [0.25, 0.3) is 0 Å². The summed E-state index contributed by atoms with van der Waals surface area (Å²) in [5.41, 5.74) is 12.6. The van der Waals surface area contributed by atoms with Crippen molar-refractivity contribution in [1.82, 2.24) is 4.98 Å². The maximum atomic E-state index is 8.82. The Hall–Kier alpha value is -0.970. The summed E-state index contributed by atoms with van der Waals surface area (Å²) >= 11 is 0. The molecule has 1 aromatic rings. The third kappa shape index (κ3) is 2.01. The van der Waals surface area contributed by atoms with Crippen LogP contribution in [0.4, 0.5) is 0 Å². The molecule has 0 aromatic carbocycles. The van der Waals surface area contributed by atoms with Crippen molar-refractivity contribution in [3.63, 3.8) is 0 Å². The zero-order chi connectivity index (χ0) is 8.97. The standard InChI is InChI=1S/C8H13N3O/c9-4-7(10)8-3-6(5-12)1-2-11-8/h1-3,7,12H,4-5,9-10H2/t7-/m1/s1. The van der Waals surface area contributed by atoms with E-state index in [2.05, 4.69) is 4.98 Å². The molecule has 0 bridgehead atoms. The van der Waals surface area contributed by atoms with Gasteiger partial charge in [-0.2, -0.15) is 0 Å². The van der Waals surface area contributed by atoms with Crippen molar-refractivity contribution in [1.29, 1.82) is 0 Å². The maximum Gasteiger partial charge on any atom is 0.0683 e. The van der Waals surface area contributed by atoms with Crippen LogP contribution in [0.3, 0.4) is 0 Å². The summed E-state index contributed by atoms with van der Waals surface area (Å²) in [7, 11) is 0. The number of nitrogens with two attached hydrogens (primary N) is 2. The SMILES string of the molecule is NC[C@@H](N)c1cc(CO)ccn1. The normalized spacial score (nSPS) is 12.9. The third-order valence-electron chi connectivity index (χ3n) is 1.66. The van der Waals surface area contributed by atoms with Crippen LogP contribution in [0.15, 0.2) is 18.3 Å². The van der Waals surface area contributed by atoms with Crippen molar-refractivity contribution < 1.29 is 5.11 Å². The van der Waals surface area contributed by atoms with Gasteiger partial charge in [-0.1, -0.05) is 0 Å². The van der Waals surface area contributed by atoms with Crippen molar-refractivity contribution in [2.24, 2.45) is 11.5 Å². The van der Waals surface area contributed by atoms with Gasteiger partial charge in [-0.05, 0) is 17.7 Å². The van der Waals surface area contributed by atoms with Crippen LogP contribution >= 0.6 is 0 Å². The molecular weight excluding hydrogens is 154 g/mol. The van der Waals surface area contributed by atoms with E-state index in [1.165, 1.54) is 0 Å². The topological polar surface area (TPSA) is 85.2 Å². The van der Waals surface area contributed by atoms with Gasteiger partial charge >= 0.3 is 0 Å². The Labute approximate surface area is 71.2 Å². The lowest BCUT2D eigenvalue weighted by Gasteiger charge is -2.08. The molecule has 1 heterocycles. The van der Waals surface area contributed by atoms with Gasteiger partial charge in [-0.15, -0.1) is 0 Å². The Bertz CT molecular complexity index is 252. The van der Waals surface area contributed by atoms with Gasteiger partial charge in [0.15, 0.2) is 0 Å². The predicted molar refractivity (Wildman–Crippen MR) is 46.1 cm³/mol. The summed E-state index contributed by atoms with van der Waals surface area (Å²) in [6.07, 6.45) is 1.62. The molecule has 0 saturated heterocycles. The van der Waals surface area contributed by atoms with Gasteiger partial charge in [0.1, 0.15) is 0 Å². The second-order valence-electron chi connectivity index (χ2n) is 2.59. The minimum atomic E-state index is -0.239. The number of aromatic nitrogens is 1. The van der Waals surface area contributed by atoms with Crippen molar-refractivity contribution in [2.75, 3.05) is 6.54 Å². The van der Waals surface area contributed by atoms with Crippen LogP contribution in [0.1, 0.15) is 17.3 Å². The van der Waals surface area contributed by atoms with E-state index >= 15 is 0 Å². The van der Waals surface area contributed by atoms with E-state index in [4.69, 9.17) is 16.6 Å². The number of aliphatic hydroxyl groups is 1. The summed E-state index contributed by atoms with van der Waals surface area (Å²) in [4.78, 5) is 4.04. The van der Waals surface area contributed by atoms with Crippen molar-refractivity contribution in [3.05, 3.63) is 29.6 Å². The Kier molecular flexibility index (Phi) is 3.16. The van der Waals surface area contributed by atoms with E-state index in [1.54, 1.807) is 18.3 Å². The first-order valence-electron chi connectivity index (χ1n) is 3.79. The molecule has 0 amide bonds. The number of pyridine rings is 1. The predicted octanol–water partition coefficient (Wildman–Crippen LogP) is -0.468. The monoisotopic (exact) mass is 167 g/mol. The fourth-order valence-corrected chi connectivity index (χ4v) is 0.916. The molecule has 0 fully saturated rings. The first kappa shape index (κ1) is 9.12. The van der Waals surface area contributed by atoms with Crippen LogP contribution in [-0.4, -0.2) is 16.6 Å². The minimum Gasteiger partial charge on any atom is -0.392 e. The molecule has 5 N–H and O–H groups in total. The first-order chi connectivity index (χ1) is 5.77. The fraction of sp³-hybridized carbons (Fsp3) is 0.375. The van der Waals surface area contributed by atoms with Crippen LogP contribution in [-0.2, 0) is 6.61 Å². The molecule has 0 aliphatic rings. The molecule has 1 atom stereocenters. The number of aliphatic hydroxyl groups excluding tert-OH is 1. The van der Waals surface area contributed by atoms with Crippen molar-refractivity contribution >= 4 is 0 Å². The second kappa shape index (κ2) is 4.15. The Morgan fingerprint density at radius 2 is 2.33 bits per heavy atom. The number of hydrogen-bond donors (Lipinski definition) is 3. The fourth-order valence-electron chi connectivity index (χ4n) is 0.916. The Balaban J connectivity index is 2.86. The molecule has 0 unspecified atom stereocenters. The van der Waals surface area contributed by atoms with Gasteiger partial charge in [-0.25, -0.2) is 0 Å². The van der Waals surface area contributed by atoms with E-state index in [0.29, 0.717) is 6.54 Å². The van der Waals surface area contributed by atoms with E-state index in [-0.39, 0.29) is 12.6 Å². The molecule has 4 heteroatoms. The lowest BCUT2D eigenvalue weighted by molar-refractivity contribution is 0.281. The summed E-state index contributed by atoms with van der Waals surface area (Å²) in [5.74, 6) is 0. The van der Waals surface area contributed by atoms with Crippen LogP contribution in [0.2, 0.25) is 0 Å². The second-order valence-corrected chi connectivity index (χ2v) is 2.59. The molecule has 0 spiro atoms. The van der Waals surface area contributed by atoms with Crippen LogP contribution < -0.4 is 11.5 Å². The number of rotatable bonds is 3. The average molecular weight is 167 g/mol. The third-order valence-corrected chi connectivity index (χ3v) is 1.66. The zero-order valence-electron chi connectivity index (χ0n) is 6.77. The Morgan fingerprint density at radius 1 is 1.58 bits per heavy atom. The lowest BCUT2D eigenvalue weighted by atomic mass is 10.1. The summed E-state index contributed by atoms with van der Waals surface area (Å²) < 4.78 is 0. The molecule has 0 aliphatic heterocycles. The highest BCUT2D eigenvalue weighted by Gasteiger charge is 2.04. The highest BCUT2D eigenvalue weighted by Crippen LogP contribution is 2.07. The molecule has 0 radical (unpaired) electrons. The van der Waals surface area contributed by atoms with E-state index in [9.17, 15) is 0 Å². The maximum absolute atomic E-state index is 8.82. The highest BCUT2D eigenvalue weighted by atomic mass is 16.3. The quantitative estimate of drug-likeness (QED) is 0.568. The largest absolute Gasteiger partial charge is 0.392 e. The molecule has 66 valence electrons. The van der Waals surface area contributed by atoms with Crippen molar-refractivity contribution in [3.8, 4) is 0 Å². The first-order valence-corrected chi connectivity index (χ1v) is 3.79. The highest BCUT2D eigenvalue weighted by molar-refractivity contribution is 5.17. The summed E-state index contributed by atoms with van der Waals surface area (Å²) in [6, 6.07) is 3.26. The Morgan fingerprint density at radius 3 is 2.92 bits per heavy atom. The van der Waals surface area contributed by atoms with E-state index < -0.39 is 0 Å². The molecule has 1 rings (SSSR count). The van der Waals surface area contributed by atoms with Crippen LogP contribution in [0.25, 0.3) is 0 Å². The number of nitrogens with zero attached hydrogens (tertiary/aromatic N) is 1. The number of hydrogen-bond acceptors (Lipinski definition) is 4. The van der Waals surface area contributed by atoms with Crippen molar-refractivity contribution in [2.45, 2.75) is 12.6 Å². The minimum absolute atomic E-state index is 0.00676. The van der Waals surface area contributed by atoms with Gasteiger partial charge in [0, 0.05) is 12.7 Å². The van der Waals surface area contributed by atoms with Gasteiger partial charge < -0.3 is 16.6 Å². The van der Waals surface area contributed by atoms with E-state index in [0.717, 1.165) is 11.3 Å². The summed E-state index contributed by atoms with van der Waals surface area (Å²) in [6.45, 7) is 0.370. The molecule has 0 aliphatic carbocycles. The summed E-state index contributed by atoms with van der Waals surface area (Å²) in [5, 5.41) is 8.82. The van der Waals surface area contributed by atoms with E-state index in [1.807, 2.05) is 0 Å². The zero-order valence-corrected chi connectivity index (χ0v) is 6.77. The van der Waals surface area contributed by atoms with Crippen LogP contribution in [0, 0.1) is 0 Å². The molecule has 1 aromatic heterocycles. The van der Waals surface area contributed by atoms with Crippen LogP contribution in [0.5, 0.6) is 0 Å². The lowest BCUT2D eigenvalue weighted by Crippen LogP contribution is -2.21. The van der Waals surface area contributed by atoms with Gasteiger partial charge in [0.05, 0.1) is 18.3 Å². The smallest absolute Gasteiger partial charge is 0.0683 e.